The molecule has 1 heterocycles. The van der Waals surface area contributed by atoms with Gasteiger partial charge >= 0.3 is 0 Å². The first-order valence-electron chi connectivity index (χ1n) is 12.4. The minimum atomic E-state index is -0.130. The summed E-state index contributed by atoms with van der Waals surface area (Å²) < 4.78 is 17.9. The van der Waals surface area contributed by atoms with Crippen LogP contribution in [0.5, 0.6) is 17.2 Å². The van der Waals surface area contributed by atoms with E-state index in [0.29, 0.717) is 39.9 Å². The van der Waals surface area contributed by atoms with E-state index in [1.165, 1.54) is 17.3 Å². The van der Waals surface area contributed by atoms with E-state index in [-0.39, 0.29) is 5.91 Å². The van der Waals surface area contributed by atoms with Gasteiger partial charge in [0.1, 0.15) is 5.75 Å². The molecule has 3 aromatic carbocycles. The Morgan fingerprint density at radius 2 is 1.70 bits per heavy atom. The van der Waals surface area contributed by atoms with Gasteiger partial charge in [-0.2, -0.15) is 0 Å². The summed E-state index contributed by atoms with van der Waals surface area (Å²) in [7, 11) is 1.60. The van der Waals surface area contributed by atoms with Gasteiger partial charge in [0.2, 0.25) is 0 Å². The minimum absolute atomic E-state index is 0.130. The number of rotatable bonds is 11. The van der Waals surface area contributed by atoms with Crippen LogP contribution >= 0.6 is 24.0 Å². The third-order valence-corrected chi connectivity index (χ3v) is 7.47. The third-order valence-electron chi connectivity index (χ3n) is 6.17. The first-order chi connectivity index (χ1) is 18.0. The van der Waals surface area contributed by atoms with E-state index in [1.54, 1.807) is 12.0 Å². The van der Waals surface area contributed by atoms with Crippen LogP contribution in [0.1, 0.15) is 43.7 Å². The Morgan fingerprint density at radius 3 is 2.41 bits per heavy atom. The quantitative estimate of drug-likeness (QED) is 0.145. The number of carbonyl (C=O) groups excluding carboxylic acids is 1. The van der Waals surface area contributed by atoms with Gasteiger partial charge in [-0.3, -0.25) is 9.69 Å². The Morgan fingerprint density at radius 1 is 0.973 bits per heavy atom. The van der Waals surface area contributed by atoms with Crippen molar-refractivity contribution in [3.8, 4) is 17.2 Å². The number of nitrogens with zero attached hydrogens (tertiary/aromatic N) is 1. The summed E-state index contributed by atoms with van der Waals surface area (Å²) in [6.07, 6.45) is 3.69. The van der Waals surface area contributed by atoms with Crippen molar-refractivity contribution < 1.29 is 19.0 Å². The number of benzene rings is 3. The predicted octanol–water partition coefficient (Wildman–Crippen LogP) is 7.46. The van der Waals surface area contributed by atoms with Gasteiger partial charge in [0.05, 0.1) is 30.9 Å². The summed E-state index contributed by atoms with van der Waals surface area (Å²) in [5.41, 5.74) is 2.93. The lowest BCUT2D eigenvalue weighted by atomic mass is 9.99. The zero-order valence-corrected chi connectivity index (χ0v) is 22.9. The average Bonchev–Trinajstić information content (AvgIpc) is 3.21. The van der Waals surface area contributed by atoms with Crippen LogP contribution in [-0.2, 0) is 4.79 Å². The fraction of sp³-hybridized carbons (Fsp3) is 0.267. The molecule has 192 valence electrons. The van der Waals surface area contributed by atoms with Gasteiger partial charge in [0.15, 0.2) is 15.8 Å². The highest BCUT2D eigenvalue weighted by Gasteiger charge is 2.33. The van der Waals surface area contributed by atoms with Crippen LogP contribution in [-0.4, -0.2) is 30.6 Å². The number of amides is 1. The summed E-state index contributed by atoms with van der Waals surface area (Å²) in [6.45, 7) is 5.48. The van der Waals surface area contributed by atoms with Crippen molar-refractivity contribution in [3.63, 3.8) is 0 Å². The lowest BCUT2D eigenvalue weighted by Gasteiger charge is -2.14. The summed E-state index contributed by atoms with van der Waals surface area (Å²) >= 11 is 6.75. The fourth-order valence-electron chi connectivity index (χ4n) is 3.87. The Bertz CT molecular complexity index is 1260. The molecule has 7 heteroatoms. The van der Waals surface area contributed by atoms with Crippen molar-refractivity contribution in [1.29, 1.82) is 0 Å². The van der Waals surface area contributed by atoms with Crippen LogP contribution < -0.4 is 19.1 Å². The van der Waals surface area contributed by atoms with Crippen LogP contribution in [0.2, 0.25) is 0 Å². The van der Waals surface area contributed by atoms with E-state index in [4.69, 9.17) is 26.4 Å². The molecule has 1 unspecified atom stereocenters. The molecular formula is C30H31NO4S2. The van der Waals surface area contributed by atoms with Gasteiger partial charge in [-0.05, 0) is 65.9 Å². The summed E-state index contributed by atoms with van der Waals surface area (Å²) in [4.78, 5) is 15.1. The van der Waals surface area contributed by atoms with Crippen molar-refractivity contribution in [2.45, 2.75) is 32.6 Å². The molecule has 1 atom stereocenters. The number of thiocarbonyl (C=S) groups is 1. The predicted molar refractivity (Wildman–Crippen MR) is 156 cm³/mol. The molecule has 0 aliphatic carbocycles. The first kappa shape index (κ1) is 26.8. The number of hydrogen-bond donors (Lipinski definition) is 0. The third kappa shape index (κ3) is 6.73. The summed E-state index contributed by atoms with van der Waals surface area (Å²) in [5, 5.41) is 0. The molecule has 5 nitrogen and oxygen atoms in total. The van der Waals surface area contributed by atoms with Crippen LogP contribution in [0.15, 0.2) is 77.7 Å². The number of carbonyl (C=O) groups is 1. The second kappa shape index (κ2) is 12.8. The van der Waals surface area contributed by atoms with Gasteiger partial charge in [0, 0.05) is 6.42 Å². The Kier molecular flexibility index (Phi) is 9.25. The number of para-hydroxylation sites is 1. The molecular weight excluding hydrogens is 502 g/mol. The maximum absolute atomic E-state index is 13.0. The zero-order valence-electron chi connectivity index (χ0n) is 21.3. The SMILES string of the molecule is CCC(C)c1ccc(OCCCOc2ccc(C=C3SC(=S)N(c4ccccc4)C3=O)cc2OC)cc1. The number of hydrogen-bond acceptors (Lipinski definition) is 6. The highest BCUT2D eigenvalue weighted by molar-refractivity contribution is 8.27. The van der Waals surface area contributed by atoms with Crippen molar-refractivity contribution >= 4 is 46.0 Å². The maximum Gasteiger partial charge on any atom is 0.270 e. The first-order valence-corrected chi connectivity index (χ1v) is 13.6. The molecule has 0 saturated carbocycles. The smallest absolute Gasteiger partial charge is 0.270 e. The molecule has 3 aromatic rings. The second-order valence-electron chi connectivity index (χ2n) is 8.69. The van der Waals surface area contributed by atoms with E-state index in [1.807, 2.05) is 66.7 Å². The normalized spacial score (nSPS) is 15.2. The highest BCUT2D eigenvalue weighted by Crippen LogP contribution is 2.37. The lowest BCUT2D eigenvalue weighted by Crippen LogP contribution is -2.27. The Labute approximate surface area is 228 Å². The van der Waals surface area contributed by atoms with E-state index >= 15 is 0 Å². The monoisotopic (exact) mass is 533 g/mol. The molecule has 4 rings (SSSR count). The van der Waals surface area contributed by atoms with E-state index in [9.17, 15) is 4.79 Å². The Balaban J connectivity index is 1.31. The molecule has 0 aromatic heterocycles. The molecule has 1 amide bonds. The molecule has 0 bridgehead atoms. The van der Waals surface area contributed by atoms with Crippen molar-refractivity contribution in [3.05, 3.63) is 88.8 Å². The highest BCUT2D eigenvalue weighted by atomic mass is 32.2. The molecule has 1 aliphatic rings. The molecule has 37 heavy (non-hydrogen) atoms. The lowest BCUT2D eigenvalue weighted by molar-refractivity contribution is -0.113. The number of methoxy groups -OCH3 is 1. The van der Waals surface area contributed by atoms with Crippen LogP contribution in [0.25, 0.3) is 6.08 Å². The summed E-state index contributed by atoms with van der Waals surface area (Å²) in [6, 6.07) is 23.4. The Hall–Kier alpha value is -3.29. The number of thioether (sulfide) groups is 1. The van der Waals surface area contributed by atoms with Gasteiger partial charge in [0.25, 0.3) is 5.91 Å². The van der Waals surface area contributed by atoms with Crippen molar-refractivity contribution in [2.75, 3.05) is 25.2 Å². The van der Waals surface area contributed by atoms with Crippen molar-refractivity contribution in [1.82, 2.24) is 0 Å². The molecule has 0 N–H and O–H groups in total. The fourth-order valence-corrected chi connectivity index (χ4v) is 5.17. The zero-order chi connectivity index (χ0) is 26.2. The molecule has 1 saturated heterocycles. The maximum atomic E-state index is 13.0. The topological polar surface area (TPSA) is 48.0 Å². The molecule has 1 aliphatic heterocycles. The van der Waals surface area contributed by atoms with Crippen LogP contribution in [0, 0.1) is 0 Å². The van der Waals surface area contributed by atoms with Gasteiger partial charge in [-0.15, -0.1) is 0 Å². The summed E-state index contributed by atoms with van der Waals surface area (Å²) in [5.74, 6) is 2.55. The average molecular weight is 534 g/mol. The second-order valence-corrected chi connectivity index (χ2v) is 10.4. The minimum Gasteiger partial charge on any atom is -0.493 e. The number of anilines is 1. The van der Waals surface area contributed by atoms with Crippen molar-refractivity contribution in [2.24, 2.45) is 0 Å². The van der Waals surface area contributed by atoms with Gasteiger partial charge in [-0.25, -0.2) is 0 Å². The van der Waals surface area contributed by atoms with Crippen LogP contribution in [0.4, 0.5) is 5.69 Å². The molecule has 1 fully saturated rings. The van der Waals surface area contributed by atoms with Crippen LogP contribution in [0.3, 0.4) is 0 Å². The standard InChI is InChI=1S/C30H31NO4S2/c1-4-21(2)23-12-14-25(15-13-23)34-17-8-18-35-26-16-11-22(19-27(26)33-3)20-28-29(32)31(30(36)37-28)24-9-6-5-7-10-24/h5-7,9-16,19-21H,4,8,17-18H2,1-3H3. The van der Waals surface area contributed by atoms with E-state index < -0.39 is 0 Å². The molecule has 0 radical (unpaired) electrons. The largest absolute Gasteiger partial charge is 0.493 e. The molecule has 0 spiro atoms. The van der Waals surface area contributed by atoms with E-state index in [0.717, 1.165) is 29.8 Å². The van der Waals surface area contributed by atoms with Gasteiger partial charge in [-0.1, -0.05) is 74.2 Å². The number of ether oxygens (including phenoxy) is 3. The van der Waals surface area contributed by atoms with E-state index in [2.05, 4.69) is 26.0 Å². The van der Waals surface area contributed by atoms with Gasteiger partial charge < -0.3 is 14.2 Å².